The van der Waals surface area contributed by atoms with Gasteiger partial charge in [0.1, 0.15) is 5.82 Å². The molecule has 2 aromatic rings. The van der Waals surface area contributed by atoms with Crippen molar-refractivity contribution in [2.24, 2.45) is 5.92 Å². The van der Waals surface area contributed by atoms with Gasteiger partial charge in [-0.05, 0) is 55.6 Å². The fraction of sp³-hybridized carbons (Fsp3) is 0.533. The molecule has 1 aromatic heterocycles. The summed E-state index contributed by atoms with van der Waals surface area (Å²) < 4.78 is 16.5. The van der Waals surface area contributed by atoms with E-state index < -0.39 is 0 Å². The minimum absolute atomic E-state index is 0.175. The van der Waals surface area contributed by atoms with Crippen molar-refractivity contribution in [3.05, 3.63) is 28.3 Å². The zero-order valence-corrected chi connectivity index (χ0v) is 12.2. The average molecular weight is 278 g/mol. The Labute approximate surface area is 117 Å². The minimum Gasteiger partial charge on any atom is -0.330 e. The van der Waals surface area contributed by atoms with Gasteiger partial charge in [-0.3, -0.25) is 0 Å². The van der Waals surface area contributed by atoms with Crippen LogP contribution >= 0.6 is 12.2 Å². The number of hydrogen-bond acceptors (Lipinski definition) is 1. The van der Waals surface area contributed by atoms with Gasteiger partial charge in [0.2, 0.25) is 0 Å². The largest absolute Gasteiger partial charge is 0.330 e. The molecule has 1 atom stereocenters. The number of aromatic amines is 1. The van der Waals surface area contributed by atoms with E-state index in [1.54, 1.807) is 13.0 Å². The summed E-state index contributed by atoms with van der Waals surface area (Å²) in [6.07, 6.45) is 4.95. The van der Waals surface area contributed by atoms with Crippen molar-refractivity contribution < 1.29 is 4.39 Å². The Bertz CT molecular complexity index is 667. The highest BCUT2D eigenvalue weighted by atomic mass is 32.1. The summed E-state index contributed by atoms with van der Waals surface area (Å²) in [4.78, 5) is 3.14. The highest BCUT2D eigenvalue weighted by Crippen LogP contribution is 2.39. The molecule has 19 heavy (non-hydrogen) atoms. The molecule has 0 aliphatic heterocycles. The first-order valence-electron chi connectivity index (χ1n) is 7.00. The quantitative estimate of drug-likeness (QED) is 0.789. The molecule has 1 N–H and O–H groups in total. The second-order valence-electron chi connectivity index (χ2n) is 5.66. The van der Waals surface area contributed by atoms with Crippen LogP contribution in [0.3, 0.4) is 0 Å². The number of hydrogen-bond donors (Lipinski definition) is 1. The van der Waals surface area contributed by atoms with Gasteiger partial charge < -0.3 is 9.55 Å². The Morgan fingerprint density at radius 1 is 1.47 bits per heavy atom. The van der Waals surface area contributed by atoms with Crippen LogP contribution in [0, 0.1) is 23.4 Å². The number of rotatable bonds is 4. The van der Waals surface area contributed by atoms with Crippen LogP contribution in [0.1, 0.15) is 44.2 Å². The van der Waals surface area contributed by atoms with Gasteiger partial charge in [0.15, 0.2) is 4.77 Å². The molecule has 1 aromatic carbocycles. The van der Waals surface area contributed by atoms with E-state index >= 15 is 0 Å². The first-order valence-corrected chi connectivity index (χ1v) is 7.41. The predicted octanol–water partition coefficient (Wildman–Crippen LogP) is 4.90. The van der Waals surface area contributed by atoms with Crippen LogP contribution in [-0.4, -0.2) is 9.55 Å². The predicted molar refractivity (Wildman–Crippen MR) is 78.5 cm³/mol. The van der Waals surface area contributed by atoms with Crippen LogP contribution < -0.4 is 0 Å². The lowest BCUT2D eigenvalue weighted by atomic mass is 10.1. The average Bonchev–Trinajstić information content (AvgIpc) is 3.13. The van der Waals surface area contributed by atoms with Crippen molar-refractivity contribution in [1.29, 1.82) is 0 Å². The Morgan fingerprint density at radius 3 is 2.84 bits per heavy atom. The molecule has 0 bridgehead atoms. The zero-order chi connectivity index (χ0) is 13.6. The molecule has 0 radical (unpaired) electrons. The summed E-state index contributed by atoms with van der Waals surface area (Å²) in [5.74, 6) is 0.685. The van der Waals surface area contributed by atoms with Crippen molar-refractivity contribution in [3.63, 3.8) is 0 Å². The van der Waals surface area contributed by atoms with E-state index in [-0.39, 0.29) is 5.82 Å². The van der Waals surface area contributed by atoms with E-state index in [0.717, 1.165) is 23.4 Å². The second kappa shape index (κ2) is 4.75. The van der Waals surface area contributed by atoms with Gasteiger partial charge in [0.05, 0.1) is 11.0 Å². The normalized spacial score (nSPS) is 17.0. The third-order valence-corrected chi connectivity index (χ3v) is 4.43. The summed E-state index contributed by atoms with van der Waals surface area (Å²) in [6.45, 7) is 4.00. The van der Waals surface area contributed by atoms with E-state index in [0.29, 0.717) is 16.4 Å². The van der Waals surface area contributed by atoms with Crippen LogP contribution in [0.15, 0.2) is 12.1 Å². The molecule has 0 amide bonds. The lowest BCUT2D eigenvalue weighted by molar-refractivity contribution is 0.434. The summed E-state index contributed by atoms with van der Waals surface area (Å²) in [5, 5.41) is 0. The molecular formula is C15H19FN2S. The van der Waals surface area contributed by atoms with Crippen LogP contribution in [0.25, 0.3) is 11.0 Å². The summed E-state index contributed by atoms with van der Waals surface area (Å²) >= 11 is 5.44. The maximum Gasteiger partial charge on any atom is 0.178 e. The van der Waals surface area contributed by atoms with E-state index in [9.17, 15) is 4.39 Å². The lowest BCUT2D eigenvalue weighted by Crippen LogP contribution is -2.09. The highest BCUT2D eigenvalue weighted by Gasteiger charge is 2.26. The molecule has 1 fully saturated rings. The molecule has 1 aliphatic carbocycles. The van der Waals surface area contributed by atoms with Crippen molar-refractivity contribution in [2.45, 2.75) is 45.6 Å². The van der Waals surface area contributed by atoms with Gasteiger partial charge in [-0.2, -0.15) is 0 Å². The molecule has 0 spiro atoms. The third kappa shape index (κ3) is 2.34. The topological polar surface area (TPSA) is 20.7 Å². The summed E-state index contributed by atoms with van der Waals surface area (Å²) in [6, 6.07) is 3.89. The van der Waals surface area contributed by atoms with Gasteiger partial charge in [0.25, 0.3) is 0 Å². The number of aromatic nitrogens is 2. The standard InChI is InChI=1S/C15H19FN2S/c1-3-11(7-10-4-5-10)18-14-6-9(2)12(16)8-13(14)17-15(18)19/h6,8,10-11H,3-5,7H2,1-2H3,(H,17,19). The lowest BCUT2D eigenvalue weighted by Gasteiger charge is -2.17. The number of imidazole rings is 1. The van der Waals surface area contributed by atoms with Crippen molar-refractivity contribution in [2.75, 3.05) is 0 Å². The van der Waals surface area contributed by atoms with Gasteiger partial charge >= 0.3 is 0 Å². The Kier molecular flexibility index (Phi) is 3.21. The summed E-state index contributed by atoms with van der Waals surface area (Å²) in [7, 11) is 0. The van der Waals surface area contributed by atoms with Gasteiger partial charge in [-0.15, -0.1) is 0 Å². The minimum atomic E-state index is -0.175. The van der Waals surface area contributed by atoms with Gasteiger partial charge in [-0.1, -0.05) is 19.8 Å². The molecule has 1 saturated carbocycles. The van der Waals surface area contributed by atoms with Crippen molar-refractivity contribution in [1.82, 2.24) is 9.55 Å². The Balaban J connectivity index is 2.12. The van der Waals surface area contributed by atoms with Gasteiger partial charge in [-0.25, -0.2) is 4.39 Å². The number of H-pyrrole nitrogens is 1. The first kappa shape index (κ1) is 12.9. The number of nitrogens with one attached hydrogen (secondary N) is 1. The fourth-order valence-electron chi connectivity index (χ4n) is 2.81. The second-order valence-corrected chi connectivity index (χ2v) is 6.05. The maximum atomic E-state index is 13.6. The zero-order valence-electron chi connectivity index (χ0n) is 11.4. The van der Waals surface area contributed by atoms with E-state index in [1.807, 2.05) is 6.07 Å². The molecule has 1 aliphatic rings. The van der Waals surface area contributed by atoms with Gasteiger partial charge in [0, 0.05) is 6.04 Å². The van der Waals surface area contributed by atoms with Crippen molar-refractivity contribution >= 4 is 23.3 Å². The molecule has 0 saturated heterocycles. The Hall–Kier alpha value is -1.16. The Morgan fingerprint density at radius 2 is 2.21 bits per heavy atom. The molecule has 1 unspecified atom stereocenters. The molecule has 2 nitrogen and oxygen atoms in total. The molecule has 1 heterocycles. The smallest absolute Gasteiger partial charge is 0.178 e. The van der Waals surface area contributed by atoms with Crippen LogP contribution in [0.5, 0.6) is 0 Å². The maximum absolute atomic E-state index is 13.6. The van der Waals surface area contributed by atoms with E-state index in [2.05, 4.69) is 16.5 Å². The number of aryl methyl sites for hydroxylation is 1. The van der Waals surface area contributed by atoms with Crippen molar-refractivity contribution in [3.8, 4) is 0 Å². The first-order chi connectivity index (χ1) is 9.10. The molecule has 3 rings (SSSR count). The fourth-order valence-corrected chi connectivity index (χ4v) is 3.16. The molecule has 102 valence electrons. The monoisotopic (exact) mass is 278 g/mol. The number of halogens is 1. The third-order valence-electron chi connectivity index (χ3n) is 4.14. The summed E-state index contributed by atoms with van der Waals surface area (Å²) in [5.41, 5.74) is 2.52. The number of benzene rings is 1. The SMILES string of the molecule is CCC(CC1CC1)n1c(=S)[nH]c2cc(F)c(C)cc21. The van der Waals surface area contributed by atoms with Crippen LogP contribution in [0.4, 0.5) is 4.39 Å². The number of nitrogens with zero attached hydrogens (tertiary/aromatic N) is 1. The molecular weight excluding hydrogens is 259 g/mol. The van der Waals surface area contributed by atoms with E-state index in [1.165, 1.54) is 19.3 Å². The van der Waals surface area contributed by atoms with E-state index in [4.69, 9.17) is 12.2 Å². The molecule has 4 heteroatoms. The number of fused-ring (bicyclic) bond motifs is 1. The van der Waals surface area contributed by atoms with Crippen LogP contribution in [0.2, 0.25) is 0 Å². The highest BCUT2D eigenvalue weighted by molar-refractivity contribution is 7.71. The van der Waals surface area contributed by atoms with Crippen LogP contribution in [-0.2, 0) is 0 Å².